The number of nitrogens with zero attached hydrogens (tertiary/aromatic N) is 1. The number of aryl methyl sites for hydroxylation is 2. The normalized spacial score (nSPS) is 16.4. The molecule has 0 bridgehead atoms. The average Bonchev–Trinajstić information content (AvgIpc) is 2.10. The van der Waals surface area contributed by atoms with Crippen molar-refractivity contribution in [2.75, 3.05) is 0 Å². The van der Waals surface area contributed by atoms with Crippen molar-refractivity contribution in [1.82, 2.24) is 4.98 Å². The highest BCUT2D eigenvalue weighted by atomic mass is 16.5. The van der Waals surface area contributed by atoms with E-state index in [1.165, 1.54) is 19.3 Å². The summed E-state index contributed by atoms with van der Waals surface area (Å²) in [7, 11) is 0. The van der Waals surface area contributed by atoms with Gasteiger partial charge < -0.3 is 4.74 Å². The molecule has 0 unspecified atom stereocenters. The maximum Gasteiger partial charge on any atom is 0.123 e. The number of hydrogen-bond acceptors (Lipinski definition) is 2. The minimum absolute atomic E-state index is 0.460. The molecule has 14 heavy (non-hydrogen) atoms. The number of hydrogen-bond donors (Lipinski definition) is 0. The molecule has 2 heteroatoms. The summed E-state index contributed by atoms with van der Waals surface area (Å²) in [5.74, 6) is 0.999. The Kier molecular flexibility index (Phi) is 2.71. The lowest BCUT2D eigenvalue weighted by molar-refractivity contribution is 0.120. The van der Waals surface area contributed by atoms with Crippen LogP contribution in [0.5, 0.6) is 5.75 Å². The zero-order valence-electron chi connectivity index (χ0n) is 8.92. The molecule has 1 aromatic rings. The van der Waals surface area contributed by atoms with Gasteiger partial charge in [0.05, 0.1) is 6.10 Å². The van der Waals surface area contributed by atoms with Crippen molar-refractivity contribution in [3.8, 4) is 5.75 Å². The van der Waals surface area contributed by atoms with E-state index in [1.54, 1.807) is 0 Å². The van der Waals surface area contributed by atoms with Crippen LogP contribution in [0, 0.1) is 6.92 Å². The molecule has 1 heterocycles. The van der Waals surface area contributed by atoms with Gasteiger partial charge in [-0.05, 0) is 32.6 Å². The summed E-state index contributed by atoms with van der Waals surface area (Å²) in [5, 5.41) is 0. The van der Waals surface area contributed by atoms with Crippen LogP contribution in [-0.4, -0.2) is 11.1 Å². The Morgan fingerprint density at radius 3 is 2.79 bits per heavy atom. The molecule has 1 saturated carbocycles. The first-order valence-corrected chi connectivity index (χ1v) is 5.42. The van der Waals surface area contributed by atoms with Crippen molar-refractivity contribution in [1.29, 1.82) is 0 Å². The van der Waals surface area contributed by atoms with Gasteiger partial charge in [-0.2, -0.15) is 0 Å². The van der Waals surface area contributed by atoms with Crippen molar-refractivity contribution in [3.63, 3.8) is 0 Å². The van der Waals surface area contributed by atoms with Crippen molar-refractivity contribution >= 4 is 0 Å². The van der Waals surface area contributed by atoms with Crippen LogP contribution in [0.25, 0.3) is 0 Å². The first kappa shape index (κ1) is 9.50. The molecule has 0 atom stereocenters. The predicted molar refractivity (Wildman–Crippen MR) is 56.6 cm³/mol. The van der Waals surface area contributed by atoms with Crippen LogP contribution in [0.15, 0.2) is 12.1 Å². The highest BCUT2D eigenvalue weighted by Crippen LogP contribution is 2.25. The molecule has 0 aliphatic heterocycles. The maximum absolute atomic E-state index is 5.83. The molecule has 0 saturated heterocycles. The molecule has 0 N–H and O–H groups in total. The maximum atomic E-state index is 5.83. The van der Waals surface area contributed by atoms with Crippen molar-refractivity contribution in [3.05, 3.63) is 23.5 Å². The highest BCUT2D eigenvalue weighted by molar-refractivity contribution is 5.27. The minimum atomic E-state index is 0.460. The van der Waals surface area contributed by atoms with Gasteiger partial charge in [0.2, 0.25) is 0 Å². The summed E-state index contributed by atoms with van der Waals surface area (Å²) >= 11 is 0. The summed E-state index contributed by atoms with van der Waals surface area (Å²) in [6.07, 6.45) is 5.17. The first-order chi connectivity index (χ1) is 6.78. The van der Waals surface area contributed by atoms with Crippen molar-refractivity contribution in [2.45, 2.75) is 45.6 Å². The van der Waals surface area contributed by atoms with Crippen molar-refractivity contribution < 1.29 is 4.74 Å². The van der Waals surface area contributed by atoms with Crippen LogP contribution in [0.4, 0.5) is 0 Å². The lowest BCUT2D eigenvalue weighted by Crippen LogP contribution is -2.24. The van der Waals surface area contributed by atoms with E-state index in [-0.39, 0.29) is 0 Å². The Labute approximate surface area is 85.3 Å². The van der Waals surface area contributed by atoms with Crippen LogP contribution in [0.1, 0.15) is 37.6 Å². The van der Waals surface area contributed by atoms with Gasteiger partial charge in [-0.15, -0.1) is 0 Å². The van der Waals surface area contributed by atoms with E-state index in [9.17, 15) is 0 Å². The highest BCUT2D eigenvalue weighted by Gasteiger charge is 2.19. The number of rotatable bonds is 3. The molecule has 0 aromatic carbocycles. The number of ether oxygens (including phenoxy) is 1. The van der Waals surface area contributed by atoms with Gasteiger partial charge in [0.25, 0.3) is 0 Å². The molecule has 0 radical (unpaired) electrons. The smallest absolute Gasteiger partial charge is 0.123 e. The zero-order valence-corrected chi connectivity index (χ0v) is 8.92. The topological polar surface area (TPSA) is 22.1 Å². The van der Waals surface area contributed by atoms with E-state index in [0.717, 1.165) is 23.6 Å². The Bertz CT molecular complexity index is 318. The molecular formula is C12H17NO. The second kappa shape index (κ2) is 3.99. The Hall–Kier alpha value is -1.05. The van der Waals surface area contributed by atoms with E-state index < -0.39 is 0 Å². The summed E-state index contributed by atoms with van der Waals surface area (Å²) in [4.78, 5) is 4.42. The summed E-state index contributed by atoms with van der Waals surface area (Å²) in [6.45, 7) is 4.14. The van der Waals surface area contributed by atoms with Gasteiger partial charge in [-0.25, -0.2) is 0 Å². The molecule has 1 aliphatic carbocycles. The molecule has 2 rings (SSSR count). The molecule has 0 amide bonds. The second-order valence-electron chi connectivity index (χ2n) is 3.96. The third-order valence-electron chi connectivity index (χ3n) is 2.70. The van der Waals surface area contributed by atoms with Gasteiger partial charge in [-0.1, -0.05) is 6.92 Å². The van der Waals surface area contributed by atoms with Crippen molar-refractivity contribution in [2.24, 2.45) is 0 Å². The standard InChI is InChI=1S/C12H17NO/c1-3-10-8-12(7-9(2)13-10)14-11-5-4-6-11/h7-8,11H,3-6H2,1-2H3. The lowest BCUT2D eigenvalue weighted by atomic mass is 9.96. The van der Waals surface area contributed by atoms with Gasteiger partial charge in [0.15, 0.2) is 0 Å². The largest absolute Gasteiger partial charge is 0.490 e. The minimum Gasteiger partial charge on any atom is -0.490 e. The Morgan fingerprint density at radius 2 is 2.21 bits per heavy atom. The van der Waals surface area contributed by atoms with Gasteiger partial charge in [-0.3, -0.25) is 4.98 Å². The Morgan fingerprint density at radius 1 is 1.43 bits per heavy atom. The van der Waals surface area contributed by atoms with Crippen LogP contribution in [0.3, 0.4) is 0 Å². The Balaban J connectivity index is 2.11. The van der Waals surface area contributed by atoms with E-state index in [0.29, 0.717) is 6.10 Å². The van der Waals surface area contributed by atoms with E-state index in [1.807, 2.05) is 13.0 Å². The zero-order chi connectivity index (χ0) is 9.97. The molecule has 76 valence electrons. The third-order valence-corrected chi connectivity index (χ3v) is 2.70. The molecular weight excluding hydrogens is 174 g/mol. The van der Waals surface area contributed by atoms with E-state index in [4.69, 9.17) is 4.74 Å². The third kappa shape index (κ3) is 2.06. The van der Waals surface area contributed by atoms with Crippen LogP contribution >= 0.6 is 0 Å². The molecule has 0 spiro atoms. The number of aromatic nitrogens is 1. The van der Waals surface area contributed by atoms with E-state index in [2.05, 4.69) is 18.0 Å². The summed E-state index contributed by atoms with van der Waals surface area (Å²) in [5.41, 5.74) is 2.18. The first-order valence-electron chi connectivity index (χ1n) is 5.42. The van der Waals surface area contributed by atoms with Gasteiger partial charge >= 0.3 is 0 Å². The van der Waals surface area contributed by atoms with Gasteiger partial charge in [0, 0.05) is 23.5 Å². The van der Waals surface area contributed by atoms with E-state index >= 15 is 0 Å². The fourth-order valence-corrected chi connectivity index (χ4v) is 1.63. The average molecular weight is 191 g/mol. The van der Waals surface area contributed by atoms with Crippen LogP contribution in [-0.2, 0) is 6.42 Å². The molecule has 2 nitrogen and oxygen atoms in total. The van der Waals surface area contributed by atoms with Crippen LogP contribution < -0.4 is 4.74 Å². The van der Waals surface area contributed by atoms with Crippen LogP contribution in [0.2, 0.25) is 0 Å². The molecule has 1 aromatic heterocycles. The lowest BCUT2D eigenvalue weighted by Gasteiger charge is -2.26. The number of pyridine rings is 1. The quantitative estimate of drug-likeness (QED) is 0.733. The summed E-state index contributed by atoms with van der Waals surface area (Å²) in [6, 6.07) is 4.09. The predicted octanol–water partition coefficient (Wildman–Crippen LogP) is 2.88. The van der Waals surface area contributed by atoms with Gasteiger partial charge in [0.1, 0.15) is 5.75 Å². The SMILES string of the molecule is CCc1cc(OC2CCC2)cc(C)n1. The second-order valence-corrected chi connectivity index (χ2v) is 3.96. The molecule has 1 fully saturated rings. The summed E-state index contributed by atoms with van der Waals surface area (Å²) < 4.78 is 5.83. The fraction of sp³-hybridized carbons (Fsp3) is 0.583. The monoisotopic (exact) mass is 191 g/mol. The fourth-order valence-electron chi connectivity index (χ4n) is 1.63. The molecule has 1 aliphatic rings.